The van der Waals surface area contributed by atoms with Crippen LogP contribution in [0.5, 0.6) is 0 Å². The highest BCUT2D eigenvalue weighted by Crippen LogP contribution is 2.31. The second-order valence-corrected chi connectivity index (χ2v) is 7.09. The number of aliphatic hydroxyl groups excluding tert-OH is 1. The smallest absolute Gasteiger partial charge is 0.244 e. The zero-order valence-corrected chi connectivity index (χ0v) is 13.3. The molecular formula is C12H17Cl2NO3S. The first-order chi connectivity index (χ1) is 8.75. The Morgan fingerprint density at radius 2 is 1.89 bits per heavy atom. The number of nitrogens with zero attached hydrogens (tertiary/aromatic N) is 1. The van der Waals surface area contributed by atoms with Crippen molar-refractivity contribution in [1.82, 2.24) is 4.31 Å². The molecule has 0 radical (unpaired) electrons. The summed E-state index contributed by atoms with van der Waals surface area (Å²) in [6.45, 7) is 3.37. The van der Waals surface area contributed by atoms with E-state index in [-0.39, 0.29) is 27.6 Å². The molecule has 1 aromatic rings. The van der Waals surface area contributed by atoms with Crippen molar-refractivity contribution in [2.45, 2.75) is 37.8 Å². The van der Waals surface area contributed by atoms with Gasteiger partial charge in [0.05, 0.1) is 11.6 Å². The molecule has 1 N–H and O–H groups in total. The molecule has 0 aliphatic carbocycles. The highest BCUT2D eigenvalue weighted by atomic mass is 35.5. The first-order valence-electron chi connectivity index (χ1n) is 5.82. The van der Waals surface area contributed by atoms with Gasteiger partial charge >= 0.3 is 0 Å². The molecule has 0 amide bonds. The van der Waals surface area contributed by atoms with Crippen LogP contribution in [0.2, 0.25) is 10.0 Å². The average molecular weight is 326 g/mol. The van der Waals surface area contributed by atoms with E-state index in [2.05, 4.69) is 0 Å². The highest BCUT2D eigenvalue weighted by Gasteiger charge is 2.27. The molecule has 0 bridgehead atoms. The van der Waals surface area contributed by atoms with E-state index in [4.69, 9.17) is 28.3 Å². The molecule has 1 atom stereocenters. The molecule has 0 saturated carbocycles. The minimum Gasteiger partial charge on any atom is -0.392 e. The third kappa shape index (κ3) is 3.41. The molecule has 108 valence electrons. The number of rotatable bonds is 5. The van der Waals surface area contributed by atoms with Gasteiger partial charge in [-0.2, -0.15) is 4.31 Å². The van der Waals surface area contributed by atoms with E-state index in [0.717, 1.165) is 0 Å². The monoisotopic (exact) mass is 325 g/mol. The fraction of sp³-hybridized carbons (Fsp3) is 0.500. The van der Waals surface area contributed by atoms with Crippen molar-refractivity contribution in [1.29, 1.82) is 0 Å². The van der Waals surface area contributed by atoms with E-state index >= 15 is 0 Å². The van der Waals surface area contributed by atoms with Crippen molar-refractivity contribution < 1.29 is 13.5 Å². The molecule has 1 rings (SSSR count). The van der Waals surface area contributed by atoms with Crippen molar-refractivity contribution in [3.05, 3.63) is 27.7 Å². The lowest BCUT2D eigenvalue weighted by molar-refractivity contribution is 0.281. The largest absolute Gasteiger partial charge is 0.392 e. The minimum atomic E-state index is -3.70. The lowest BCUT2D eigenvalue weighted by Gasteiger charge is -2.24. The second kappa shape index (κ2) is 6.41. The molecule has 4 nitrogen and oxygen atoms in total. The summed E-state index contributed by atoms with van der Waals surface area (Å²) in [6.07, 6.45) is 0.688. The van der Waals surface area contributed by atoms with Crippen LogP contribution >= 0.6 is 23.2 Å². The minimum absolute atomic E-state index is 0.0367. The number of halogens is 2. The van der Waals surface area contributed by atoms with Crippen LogP contribution in [0.1, 0.15) is 25.8 Å². The van der Waals surface area contributed by atoms with Gasteiger partial charge in [0.2, 0.25) is 10.0 Å². The van der Waals surface area contributed by atoms with Crippen LogP contribution < -0.4 is 0 Å². The van der Waals surface area contributed by atoms with Gasteiger partial charge in [0.15, 0.2) is 0 Å². The lowest BCUT2D eigenvalue weighted by atomic mass is 10.2. The average Bonchev–Trinajstić information content (AvgIpc) is 2.36. The maximum Gasteiger partial charge on any atom is 0.244 e. The van der Waals surface area contributed by atoms with Crippen LogP contribution in [0.4, 0.5) is 0 Å². The molecular weight excluding hydrogens is 309 g/mol. The van der Waals surface area contributed by atoms with E-state index < -0.39 is 10.0 Å². The molecule has 7 heteroatoms. The van der Waals surface area contributed by atoms with Gasteiger partial charge < -0.3 is 5.11 Å². The molecule has 19 heavy (non-hydrogen) atoms. The Morgan fingerprint density at radius 1 is 1.32 bits per heavy atom. The zero-order valence-electron chi connectivity index (χ0n) is 11.0. The number of hydrogen-bond donors (Lipinski definition) is 1. The Morgan fingerprint density at radius 3 is 2.37 bits per heavy atom. The van der Waals surface area contributed by atoms with Crippen LogP contribution in [0.3, 0.4) is 0 Å². The summed E-state index contributed by atoms with van der Waals surface area (Å²) in [5, 5.41) is 9.46. The van der Waals surface area contributed by atoms with Gasteiger partial charge in [0.1, 0.15) is 4.90 Å². The quantitative estimate of drug-likeness (QED) is 0.905. The molecule has 0 fully saturated rings. The van der Waals surface area contributed by atoms with Gasteiger partial charge in [-0.3, -0.25) is 0 Å². The zero-order chi connectivity index (χ0) is 14.8. The molecule has 0 saturated heterocycles. The number of benzene rings is 1. The summed E-state index contributed by atoms with van der Waals surface area (Å²) in [4.78, 5) is -0.0367. The van der Waals surface area contributed by atoms with Crippen molar-refractivity contribution >= 4 is 33.2 Å². The van der Waals surface area contributed by atoms with Crippen LogP contribution in [0, 0.1) is 0 Å². The first-order valence-corrected chi connectivity index (χ1v) is 8.02. The fourth-order valence-electron chi connectivity index (χ4n) is 1.54. The predicted octanol–water partition coefficient (Wildman–Crippen LogP) is 2.90. The summed E-state index contributed by atoms with van der Waals surface area (Å²) < 4.78 is 26.2. The van der Waals surface area contributed by atoms with Gasteiger partial charge in [-0.1, -0.05) is 30.1 Å². The van der Waals surface area contributed by atoms with Crippen molar-refractivity contribution in [2.24, 2.45) is 0 Å². The summed E-state index contributed by atoms with van der Waals surface area (Å²) >= 11 is 11.8. The molecule has 0 aromatic heterocycles. The molecule has 1 unspecified atom stereocenters. The van der Waals surface area contributed by atoms with Crippen molar-refractivity contribution in [2.75, 3.05) is 7.05 Å². The van der Waals surface area contributed by atoms with E-state index in [1.54, 1.807) is 0 Å². The maximum atomic E-state index is 12.4. The van der Waals surface area contributed by atoms with Gasteiger partial charge in [-0.05, 0) is 31.0 Å². The molecule has 0 aliphatic heterocycles. The summed E-state index contributed by atoms with van der Waals surface area (Å²) in [7, 11) is -2.19. The van der Waals surface area contributed by atoms with Crippen LogP contribution in [0.15, 0.2) is 17.0 Å². The van der Waals surface area contributed by atoms with Crippen LogP contribution in [-0.4, -0.2) is 30.9 Å². The van der Waals surface area contributed by atoms with Crippen LogP contribution in [-0.2, 0) is 16.6 Å². The lowest BCUT2D eigenvalue weighted by Crippen LogP contribution is -2.34. The summed E-state index contributed by atoms with van der Waals surface area (Å²) in [6, 6.07) is 2.51. The molecule has 0 aliphatic rings. The maximum absolute atomic E-state index is 12.4. The Balaban J connectivity index is 3.36. The Kier molecular flexibility index (Phi) is 5.65. The van der Waals surface area contributed by atoms with Gasteiger partial charge in [0, 0.05) is 18.1 Å². The van der Waals surface area contributed by atoms with Gasteiger partial charge in [0.25, 0.3) is 0 Å². The SMILES string of the molecule is CCC(C)N(C)S(=O)(=O)c1cc(CO)c(Cl)cc1Cl. The van der Waals surface area contributed by atoms with Crippen LogP contribution in [0.25, 0.3) is 0 Å². The number of hydrogen-bond acceptors (Lipinski definition) is 3. The Hall–Kier alpha value is -0.330. The van der Waals surface area contributed by atoms with Crippen molar-refractivity contribution in [3.63, 3.8) is 0 Å². The van der Waals surface area contributed by atoms with Crippen molar-refractivity contribution in [3.8, 4) is 0 Å². The van der Waals surface area contributed by atoms with E-state index in [0.29, 0.717) is 12.0 Å². The summed E-state index contributed by atoms with van der Waals surface area (Å²) in [5.41, 5.74) is 0.335. The molecule has 0 heterocycles. The second-order valence-electron chi connectivity index (χ2n) is 4.31. The third-order valence-corrected chi connectivity index (χ3v) is 5.93. The number of aliphatic hydroxyl groups is 1. The highest BCUT2D eigenvalue weighted by molar-refractivity contribution is 7.89. The summed E-state index contributed by atoms with van der Waals surface area (Å²) in [5.74, 6) is 0. The first kappa shape index (κ1) is 16.7. The molecule has 0 spiro atoms. The molecule has 1 aromatic carbocycles. The Bertz CT molecular complexity index is 560. The topological polar surface area (TPSA) is 57.6 Å². The van der Waals surface area contributed by atoms with E-state index in [1.807, 2.05) is 13.8 Å². The predicted molar refractivity (Wildman–Crippen MR) is 77.1 cm³/mol. The Labute approximate surface area is 124 Å². The van der Waals surface area contributed by atoms with Gasteiger partial charge in [-0.15, -0.1) is 0 Å². The normalized spacial score (nSPS) is 13.8. The van der Waals surface area contributed by atoms with E-state index in [9.17, 15) is 8.42 Å². The third-order valence-electron chi connectivity index (χ3n) is 3.14. The van der Waals surface area contributed by atoms with Gasteiger partial charge in [-0.25, -0.2) is 8.42 Å². The standard InChI is InChI=1S/C12H17Cl2NO3S/c1-4-8(2)15(3)19(17,18)12-5-9(7-16)10(13)6-11(12)14/h5-6,8,16H,4,7H2,1-3H3. The number of sulfonamides is 1. The fourth-order valence-corrected chi connectivity index (χ4v) is 3.80. The van der Waals surface area contributed by atoms with E-state index in [1.165, 1.54) is 23.5 Å².